The highest BCUT2D eigenvalue weighted by molar-refractivity contribution is 8.00. The third-order valence-corrected chi connectivity index (χ3v) is 3.61. The van der Waals surface area contributed by atoms with Gasteiger partial charge in [0.1, 0.15) is 11.4 Å². The number of carbonyl (C=O) groups excluding carboxylic acids is 1. The summed E-state index contributed by atoms with van der Waals surface area (Å²) >= 11 is 2.92. The second kappa shape index (κ2) is 3.93. The Bertz CT molecular complexity index is 468. The molecule has 0 spiro atoms. The normalized spacial score (nSPS) is 10.6. The van der Waals surface area contributed by atoms with Crippen LogP contribution < -0.4 is 5.73 Å². The lowest BCUT2D eigenvalue weighted by Crippen LogP contribution is -2.13. The van der Waals surface area contributed by atoms with Crippen LogP contribution in [0.15, 0.2) is 22.8 Å². The van der Waals surface area contributed by atoms with E-state index in [0.717, 1.165) is 15.2 Å². The third kappa shape index (κ3) is 1.85. The van der Waals surface area contributed by atoms with E-state index in [1.54, 1.807) is 11.3 Å². The van der Waals surface area contributed by atoms with Crippen molar-refractivity contribution in [3.8, 4) is 0 Å². The molecule has 72 valence electrons. The SMILES string of the molecule is NC(=O)CSc1ncnc2ccsc12. The Labute approximate surface area is 88.5 Å². The summed E-state index contributed by atoms with van der Waals surface area (Å²) in [6.45, 7) is 0. The molecule has 2 N–H and O–H groups in total. The topological polar surface area (TPSA) is 68.9 Å². The number of nitrogens with two attached hydrogens (primary N) is 1. The molecule has 0 aliphatic heterocycles. The minimum absolute atomic E-state index is 0.254. The second-order valence-electron chi connectivity index (χ2n) is 2.57. The lowest BCUT2D eigenvalue weighted by Gasteiger charge is -1.98. The van der Waals surface area contributed by atoms with Gasteiger partial charge < -0.3 is 5.73 Å². The molecule has 0 aliphatic rings. The molecule has 4 nitrogen and oxygen atoms in total. The molecule has 2 rings (SSSR count). The average molecular weight is 225 g/mol. The summed E-state index contributed by atoms with van der Waals surface area (Å²) in [5, 5.41) is 2.78. The predicted molar refractivity (Wildman–Crippen MR) is 57.3 cm³/mol. The lowest BCUT2D eigenvalue weighted by atomic mass is 10.5. The fourth-order valence-corrected chi connectivity index (χ4v) is 2.69. The molecule has 0 bridgehead atoms. The standard InChI is InChI=1S/C8H7N3OS2/c9-6(12)3-14-8-7-5(1-2-13-7)10-4-11-8/h1-2,4H,3H2,(H2,9,12). The fraction of sp³-hybridized carbons (Fsp3) is 0.125. The molecule has 0 aromatic carbocycles. The van der Waals surface area contributed by atoms with Gasteiger partial charge in [0, 0.05) is 0 Å². The van der Waals surface area contributed by atoms with E-state index in [1.165, 1.54) is 18.1 Å². The minimum atomic E-state index is -0.335. The van der Waals surface area contributed by atoms with E-state index in [2.05, 4.69) is 9.97 Å². The molecule has 2 aromatic rings. The number of aromatic nitrogens is 2. The van der Waals surface area contributed by atoms with Gasteiger partial charge in [-0.1, -0.05) is 11.8 Å². The first-order chi connectivity index (χ1) is 6.77. The largest absolute Gasteiger partial charge is 0.369 e. The van der Waals surface area contributed by atoms with Crippen molar-refractivity contribution in [1.82, 2.24) is 9.97 Å². The van der Waals surface area contributed by atoms with E-state index in [0.29, 0.717) is 0 Å². The first-order valence-electron chi connectivity index (χ1n) is 3.86. The van der Waals surface area contributed by atoms with Crippen molar-refractivity contribution in [2.75, 3.05) is 5.75 Å². The highest BCUT2D eigenvalue weighted by atomic mass is 32.2. The van der Waals surface area contributed by atoms with Gasteiger partial charge >= 0.3 is 0 Å². The molecule has 0 saturated heterocycles. The van der Waals surface area contributed by atoms with Crippen LogP contribution in [0.5, 0.6) is 0 Å². The number of thiophene rings is 1. The highest BCUT2D eigenvalue weighted by Crippen LogP contribution is 2.28. The number of nitrogens with zero attached hydrogens (tertiary/aromatic N) is 2. The maximum atomic E-state index is 10.6. The summed E-state index contributed by atoms with van der Waals surface area (Å²) in [6, 6.07) is 1.93. The highest BCUT2D eigenvalue weighted by Gasteiger charge is 2.06. The Morgan fingerprint density at radius 1 is 1.57 bits per heavy atom. The second-order valence-corrected chi connectivity index (χ2v) is 4.45. The first kappa shape index (κ1) is 9.42. The summed E-state index contributed by atoms with van der Waals surface area (Å²) in [7, 11) is 0. The minimum Gasteiger partial charge on any atom is -0.369 e. The van der Waals surface area contributed by atoms with Crippen LogP contribution in [0, 0.1) is 0 Å². The smallest absolute Gasteiger partial charge is 0.227 e. The molecule has 2 aromatic heterocycles. The zero-order valence-corrected chi connectivity index (χ0v) is 8.77. The summed E-state index contributed by atoms with van der Waals surface area (Å²) in [4.78, 5) is 18.8. The molecular formula is C8H7N3OS2. The van der Waals surface area contributed by atoms with Gasteiger partial charge in [-0.3, -0.25) is 4.79 Å². The van der Waals surface area contributed by atoms with Crippen LogP contribution in [-0.2, 0) is 4.79 Å². The predicted octanol–water partition coefficient (Wildman–Crippen LogP) is 1.27. The summed E-state index contributed by atoms with van der Waals surface area (Å²) in [5.41, 5.74) is 5.97. The molecule has 14 heavy (non-hydrogen) atoms. The van der Waals surface area contributed by atoms with Crippen LogP contribution in [0.25, 0.3) is 10.2 Å². The van der Waals surface area contributed by atoms with Crippen molar-refractivity contribution < 1.29 is 4.79 Å². The van der Waals surface area contributed by atoms with Gasteiger partial charge in [-0.2, -0.15) is 0 Å². The molecule has 0 radical (unpaired) electrons. The molecule has 0 atom stereocenters. The maximum absolute atomic E-state index is 10.6. The monoisotopic (exact) mass is 225 g/mol. The van der Waals surface area contributed by atoms with Crippen molar-refractivity contribution >= 4 is 39.2 Å². The van der Waals surface area contributed by atoms with Crippen molar-refractivity contribution in [2.45, 2.75) is 5.03 Å². The Morgan fingerprint density at radius 3 is 3.21 bits per heavy atom. The van der Waals surface area contributed by atoms with Gasteiger partial charge in [0.25, 0.3) is 0 Å². The number of hydrogen-bond donors (Lipinski definition) is 1. The Morgan fingerprint density at radius 2 is 2.43 bits per heavy atom. The van der Waals surface area contributed by atoms with Crippen LogP contribution in [-0.4, -0.2) is 21.6 Å². The van der Waals surface area contributed by atoms with Crippen molar-refractivity contribution in [3.05, 3.63) is 17.8 Å². The molecule has 0 aliphatic carbocycles. The Balaban J connectivity index is 2.32. The van der Waals surface area contributed by atoms with Crippen molar-refractivity contribution in [1.29, 1.82) is 0 Å². The van der Waals surface area contributed by atoms with E-state index < -0.39 is 0 Å². The number of thioether (sulfide) groups is 1. The van der Waals surface area contributed by atoms with E-state index in [4.69, 9.17) is 5.73 Å². The van der Waals surface area contributed by atoms with E-state index in [1.807, 2.05) is 11.4 Å². The van der Waals surface area contributed by atoms with E-state index in [-0.39, 0.29) is 11.7 Å². The quantitative estimate of drug-likeness (QED) is 0.631. The molecule has 0 unspecified atom stereocenters. The lowest BCUT2D eigenvalue weighted by molar-refractivity contribution is -0.115. The van der Waals surface area contributed by atoms with Crippen molar-refractivity contribution in [3.63, 3.8) is 0 Å². The number of rotatable bonds is 3. The van der Waals surface area contributed by atoms with Gasteiger partial charge in [0.15, 0.2) is 0 Å². The summed E-state index contributed by atoms with van der Waals surface area (Å²) in [5.74, 6) is -0.0809. The van der Waals surface area contributed by atoms with Gasteiger partial charge in [-0.25, -0.2) is 9.97 Å². The summed E-state index contributed by atoms with van der Waals surface area (Å²) < 4.78 is 1.01. The van der Waals surface area contributed by atoms with Crippen LogP contribution >= 0.6 is 23.1 Å². The number of fused-ring (bicyclic) bond motifs is 1. The molecule has 2 heterocycles. The zero-order chi connectivity index (χ0) is 9.97. The Kier molecular flexibility index (Phi) is 2.64. The van der Waals surface area contributed by atoms with Crippen molar-refractivity contribution in [2.24, 2.45) is 5.73 Å². The molecular weight excluding hydrogens is 218 g/mol. The number of amides is 1. The van der Waals surface area contributed by atoms with Gasteiger partial charge in [-0.05, 0) is 11.4 Å². The van der Waals surface area contributed by atoms with Crippen LogP contribution in [0.1, 0.15) is 0 Å². The molecule has 0 fully saturated rings. The van der Waals surface area contributed by atoms with Gasteiger partial charge in [0.2, 0.25) is 5.91 Å². The summed E-state index contributed by atoms with van der Waals surface area (Å²) in [6.07, 6.45) is 1.50. The zero-order valence-electron chi connectivity index (χ0n) is 7.14. The average Bonchev–Trinajstić information content (AvgIpc) is 2.62. The number of carbonyl (C=O) groups is 1. The molecule has 0 saturated carbocycles. The third-order valence-electron chi connectivity index (χ3n) is 1.56. The van der Waals surface area contributed by atoms with E-state index in [9.17, 15) is 4.79 Å². The van der Waals surface area contributed by atoms with Gasteiger partial charge in [-0.15, -0.1) is 11.3 Å². The molecule has 1 amide bonds. The maximum Gasteiger partial charge on any atom is 0.227 e. The van der Waals surface area contributed by atoms with Crippen LogP contribution in [0.4, 0.5) is 0 Å². The first-order valence-corrected chi connectivity index (χ1v) is 5.73. The van der Waals surface area contributed by atoms with Gasteiger partial charge in [0.05, 0.1) is 16.0 Å². The number of hydrogen-bond acceptors (Lipinski definition) is 5. The Hall–Kier alpha value is -1.14. The molecule has 6 heteroatoms. The van der Waals surface area contributed by atoms with E-state index >= 15 is 0 Å². The van der Waals surface area contributed by atoms with Crippen LogP contribution in [0.2, 0.25) is 0 Å². The number of primary amides is 1. The van der Waals surface area contributed by atoms with Crippen LogP contribution in [0.3, 0.4) is 0 Å². The fourth-order valence-electron chi connectivity index (χ4n) is 1.01.